The van der Waals surface area contributed by atoms with E-state index in [2.05, 4.69) is 21.2 Å². The molecule has 4 nitrogen and oxygen atoms in total. The lowest BCUT2D eigenvalue weighted by atomic mass is 10.2. The molecular weight excluding hydrogens is 304 g/mol. The first-order valence-corrected chi connectivity index (χ1v) is 5.46. The summed E-state index contributed by atoms with van der Waals surface area (Å²) >= 11 is 9.23. The van der Waals surface area contributed by atoms with E-state index in [4.69, 9.17) is 27.4 Å². The molecule has 82 valence electrons. The second kappa shape index (κ2) is 5.92. The molecule has 1 N–H and O–H groups in total. The molecule has 0 aromatic heterocycles. The fourth-order valence-electron chi connectivity index (χ4n) is 1.01. The van der Waals surface area contributed by atoms with Crippen molar-refractivity contribution in [2.24, 2.45) is 0 Å². The zero-order chi connectivity index (χ0) is 12.8. The molecule has 17 heavy (non-hydrogen) atoms. The van der Waals surface area contributed by atoms with Crippen LogP contribution in [0.4, 0.5) is 5.69 Å². The molecule has 0 aliphatic rings. The molecule has 0 atom stereocenters. The van der Waals surface area contributed by atoms with Gasteiger partial charge in [0.05, 0.1) is 16.3 Å². The van der Waals surface area contributed by atoms with Crippen LogP contribution in [0.25, 0.3) is 0 Å². The van der Waals surface area contributed by atoms with E-state index < -0.39 is 0 Å². The molecule has 0 radical (unpaired) electrons. The minimum absolute atomic E-state index is 0.0877. The maximum absolute atomic E-state index is 8.81. The number of allylic oxidation sites excluding steroid dienone is 1. The molecule has 1 rings (SSSR count). The molecule has 0 spiro atoms. The Morgan fingerprint density at radius 3 is 2.47 bits per heavy atom. The van der Waals surface area contributed by atoms with Crippen LogP contribution >= 0.6 is 27.5 Å². The largest absolute Gasteiger partial charge is 0.358 e. The number of nitrogens with one attached hydrogen (secondary N) is 1. The average molecular weight is 308 g/mol. The van der Waals surface area contributed by atoms with Crippen molar-refractivity contribution in [3.63, 3.8) is 0 Å². The predicted molar refractivity (Wildman–Crippen MR) is 66.8 cm³/mol. The highest BCUT2D eigenvalue weighted by Crippen LogP contribution is 2.33. The molecule has 0 amide bonds. The zero-order valence-corrected chi connectivity index (χ0v) is 10.7. The Morgan fingerprint density at radius 1 is 1.29 bits per heavy atom. The van der Waals surface area contributed by atoms with Crippen molar-refractivity contribution < 1.29 is 0 Å². The van der Waals surface area contributed by atoms with Crippen molar-refractivity contribution >= 4 is 33.2 Å². The van der Waals surface area contributed by atoms with Gasteiger partial charge in [0.1, 0.15) is 23.8 Å². The lowest BCUT2D eigenvalue weighted by Crippen LogP contribution is -1.94. The van der Waals surface area contributed by atoms with Gasteiger partial charge >= 0.3 is 0 Å². The zero-order valence-electron chi connectivity index (χ0n) is 8.33. The van der Waals surface area contributed by atoms with E-state index >= 15 is 0 Å². The highest BCUT2D eigenvalue weighted by molar-refractivity contribution is 9.10. The summed E-state index contributed by atoms with van der Waals surface area (Å²) in [5.41, 5.74) is 0.658. The van der Waals surface area contributed by atoms with E-state index in [1.54, 1.807) is 24.3 Å². The number of hydrogen-bond donors (Lipinski definition) is 1. The van der Waals surface area contributed by atoms with Crippen molar-refractivity contribution in [3.8, 4) is 18.2 Å². The lowest BCUT2D eigenvalue weighted by molar-refractivity contribution is 1.43. The van der Waals surface area contributed by atoms with Gasteiger partial charge in [-0.3, -0.25) is 0 Å². The van der Waals surface area contributed by atoms with E-state index in [1.807, 2.05) is 6.07 Å². The summed E-state index contributed by atoms with van der Waals surface area (Å²) < 4.78 is 0.632. The first kappa shape index (κ1) is 13.1. The Morgan fingerprint density at radius 2 is 1.94 bits per heavy atom. The van der Waals surface area contributed by atoms with Crippen LogP contribution in [-0.4, -0.2) is 0 Å². The van der Waals surface area contributed by atoms with Crippen LogP contribution in [0, 0.1) is 34.0 Å². The van der Waals surface area contributed by atoms with Crippen molar-refractivity contribution in [1.82, 2.24) is 0 Å². The van der Waals surface area contributed by atoms with Crippen molar-refractivity contribution in [2.45, 2.75) is 0 Å². The van der Waals surface area contributed by atoms with Gasteiger partial charge in [0.2, 0.25) is 0 Å². The SMILES string of the molecule is N#CC(C#N)=CNc1c(Br)ccc(C#N)c1Cl. The third kappa shape index (κ3) is 2.98. The van der Waals surface area contributed by atoms with Crippen LogP contribution in [0.5, 0.6) is 0 Å². The first-order chi connectivity index (χ1) is 8.13. The van der Waals surface area contributed by atoms with E-state index in [0.29, 0.717) is 15.7 Å². The van der Waals surface area contributed by atoms with Crippen LogP contribution < -0.4 is 5.32 Å². The molecule has 1 aromatic carbocycles. The molecule has 0 saturated heterocycles. The second-order valence-electron chi connectivity index (χ2n) is 2.82. The fraction of sp³-hybridized carbons (Fsp3) is 0. The lowest BCUT2D eigenvalue weighted by Gasteiger charge is -2.07. The summed E-state index contributed by atoms with van der Waals surface area (Å²) in [5, 5.41) is 28.9. The average Bonchev–Trinajstić information content (AvgIpc) is 2.34. The van der Waals surface area contributed by atoms with Crippen LogP contribution in [0.2, 0.25) is 5.02 Å². The van der Waals surface area contributed by atoms with Gasteiger partial charge in [-0.1, -0.05) is 11.6 Å². The van der Waals surface area contributed by atoms with E-state index in [9.17, 15) is 0 Å². The fourth-order valence-corrected chi connectivity index (χ4v) is 1.83. The summed E-state index contributed by atoms with van der Waals surface area (Å²) in [6.07, 6.45) is 1.23. The molecule has 0 bridgehead atoms. The van der Waals surface area contributed by atoms with Crippen molar-refractivity contribution in [3.05, 3.63) is 39.0 Å². The van der Waals surface area contributed by atoms with Gasteiger partial charge in [-0.05, 0) is 28.1 Å². The van der Waals surface area contributed by atoms with E-state index in [0.717, 1.165) is 0 Å². The molecule has 0 unspecified atom stereocenters. The van der Waals surface area contributed by atoms with Gasteiger partial charge < -0.3 is 5.32 Å². The molecule has 1 aromatic rings. The molecule has 0 aliphatic heterocycles. The molecule has 0 saturated carbocycles. The standard InChI is InChI=1S/C11H4BrClN4/c12-9-2-1-8(5-16)10(13)11(9)17-6-7(3-14)4-15/h1-2,6,17H. The Hall–Kier alpha value is -2.00. The number of nitriles is 3. The molecule has 0 fully saturated rings. The quantitative estimate of drug-likeness (QED) is 0.849. The number of hydrogen-bond acceptors (Lipinski definition) is 4. The van der Waals surface area contributed by atoms with Gasteiger partial charge in [0.25, 0.3) is 0 Å². The Labute approximate surface area is 111 Å². The molecule has 0 aliphatic carbocycles. The van der Waals surface area contributed by atoms with Gasteiger partial charge in [-0.25, -0.2) is 0 Å². The van der Waals surface area contributed by atoms with Gasteiger partial charge in [0, 0.05) is 10.7 Å². The smallest absolute Gasteiger partial charge is 0.145 e. The summed E-state index contributed by atoms with van der Waals surface area (Å²) in [6.45, 7) is 0. The Kier molecular flexibility index (Phi) is 4.55. The topological polar surface area (TPSA) is 83.4 Å². The van der Waals surface area contributed by atoms with Crippen LogP contribution in [-0.2, 0) is 0 Å². The van der Waals surface area contributed by atoms with Crippen LogP contribution in [0.15, 0.2) is 28.4 Å². The van der Waals surface area contributed by atoms with Crippen molar-refractivity contribution in [1.29, 1.82) is 15.8 Å². The third-order valence-corrected chi connectivity index (χ3v) is 2.87. The van der Waals surface area contributed by atoms with Crippen LogP contribution in [0.1, 0.15) is 5.56 Å². The monoisotopic (exact) mass is 306 g/mol. The van der Waals surface area contributed by atoms with Gasteiger partial charge in [-0.2, -0.15) is 15.8 Å². The maximum atomic E-state index is 8.81. The first-order valence-electron chi connectivity index (χ1n) is 4.29. The summed E-state index contributed by atoms with van der Waals surface area (Å²) in [4.78, 5) is 0. The summed E-state index contributed by atoms with van der Waals surface area (Å²) in [7, 11) is 0. The van der Waals surface area contributed by atoms with Gasteiger partial charge in [-0.15, -0.1) is 0 Å². The number of rotatable bonds is 2. The summed E-state index contributed by atoms with van der Waals surface area (Å²) in [6, 6.07) is 8.56. The van der Waals surface area contributed by atoms with E-state index in [1.165, 1.54) is 6.20 Å². The molecule has 0 heterocycles. The summed E-state index contributed by atoms with van der Waals surface area (Å²) in [5.74, 6) is 0. The Balaban J connectivity index is 3.18. The minimum atomic E-state index is -0.0877. The maximum Gasteiger partial charge on any atom is 0.145 e. The number of nitrogens with zero attached hydrogens (tertiary/aromatic N) is 3. The molecule has 6 heteroatoms. The minimum Gasteiger partial charge on any atom is -0.358 e. The predicted octanol–water partition coefficient (Wildman–Crippen LogP) is 3.32. The Bertz CT molecular complexity index is 586. The molecular formula is C11H4BrClN4. The van der Waals surface area contributed by atoms with Crippen LogP contribution in [0.3, 0.4) is 0 Å². The number of benzene rings is 1. The third-order valence-electron chi connectivity index (χ3n) is 1.81. The number of halogens is 2. The highest BCUT2D eigenvalue weighted by atomic mass is 79.9. The second-order valence-corrected chi connectivity index (χ2v) is 4.05. The number of anilines is 1. The van der Waals surface area contributed by atoms with Crippen molar-refractivity contribution in [2.75, 3.05) is 5.32 Å². The van der Waals surface area contributed by atoms with E-state index in [-0.39, 0.29) is 10.6 Å². The van der Waals surface area contributed by atoms with Gasteiger partial charge in [0.15, 0.2) is 0 Å². The normalized spacial score (nSPS) is 8.41. The highest BCUT2D eigenvalue weighted by Gasteiger charge is 2.09.